The van der Waals surface area contributed by atoms with Crippen LogP contribution in [0.15, 0.2) is 60.7 Å². The fraction of sp³-hybridized carbons (Fsp3) is 0.433. The quantitative estimate of drug-likeness (QED) is 0.162. The van der Waals surface area contributed by atoms with E-state index in [2.05, 4.69) is 77.9 Å². The maximum atomic E-state index is 3.67. The smallest absolute Gasteiger partial charge is 0.172 e. The predicted molar refractivity (Wildman–Crippen MR) is 138 cm³/mol. The second-order valence-corrected chi connectivity index (χ2v) is 18.5. The molecule has 1 fully saturated rings. The van der Waals surface area contributed by atoms with Crippen LogP contribution in [0.2, 0.25) is 12.1 Å². The van der Waals surface area contributed by atoms with Gasteiger partial charge in [0, 0.05) is 0 Å². The fourth-order valence-electron chi connectivity index (χ4n) is 4.15. The van der Waals surface area contributed by atoms with E-state index in [0.29, 0.717) is 5.43 Å². The Bertz CT molecular complexity index is 943. The van der Waals surface area contributed by atoms with Crippen molar-refractivity contribution in [2.75, 3.05) is 0 Å². The molecule has 0 radical (unpaired) electrons. The number of hydrogen-bond acceptors (Lipinski definition) is 0. The molecule has 0 spiro atoms. The van der Waals surface area contributed by atoms with Gasteiger partial charge in [-0.25, -0.2) is 12.1 Å². The molecule has 0 N–H and O–H groups in total. The molecule has 0 unspecified atom stereocenters. The molecular formula is C30H38SiZr. The van der Waals surface area contributed by atoms with Crippen molar-refractivity contribution in [1.82, 2.24) is 0 Å². The summed E-state index contributed by atoms with van der Waals surface area (Å²) >= 11 is 1.87. The molecule has 5 rings (SSSR count). The molecule has 3 aromatic carbocycles. The van der Waals surface area contributed by atoms with Crippen molar-refractivity contribution < 1.29 is 23.3 Å². The minimum Gasteiger partial charge on any atom is -0.214 e. The topological polar surface area (TPSA) is 0 Å². The molecule has 32 heavy (non-hydrogen) atoms. The first kappa shape index (κ1) is 25.5. The van der Waals surface area contributed by atoms with Gasteiger partial charge in [0.2, 0.25) is 0 Å². The molecule has 1 saturated heterocycles. The van der Waals surface area contributed by atoms with E-state index in [1.54, 1.807) is 24.9 Å². The van der Waals surface area contributed by atoms with Crippen LogP contribution in [0, 0.1) is 6.07 Å². The first-order valence-corrected chi connectivity index (χ1v) is 17.6. The van der Waals surface area contributed by atoms with Crippen molar-refractivity contribution in [1.29, 1.82) is 0 Å². The van der Waals surface area contributed by atoms with Crippen LogP contribution in [0.1, 0.15) is 76.6 Å². The maximum absolute atomic E-state index is 3.67. The molecule has 0 bridgehead atoms. The zero-order valence-electron chi connectivity index (χ0n) is 20.8. The van der Waals surface area contributed by atoms with Crippen LogP contribution in [-0.4, -0.2) is 5.43 Å². The Morgan fingerprint density at radius 3 is 1.94 bits per heavy atom. The Kier molecular flexibility index (Phi) is 8.67. The van der Waals surface area contributed by atoms with Crippen molar-refractivity contribution in [2.45, 2.75) is 83.7 Å². The van der Waals surface area contributed by atoms with Gasteiger partial charge >= 0.3 is 53.7 Å². The molecule has 1 heterocycles. The van der Waals surface area contributed by atoms with Crippen molar-refractivity contribution >= 4 is 5.43 Å². The Morgan fingerprint density at radius 1 is 0.844 bits per heavy atom. The van der Waals surface area contributed by atoms with Gasteiger partial charge in [0.15, 0.2) is 0 Å². The number of rotatable bonds is 0. The van der Waals surface area contributed by atoms with Gasteiger partial charge in [-0.2, -0.15) is 42.0 Å². The first-order chi connectivity index (χ1) is 15.1. The summed E-state index contributed by atoms with van der Waals surface area (Å²) in [5, 5.41) is 0. The summed E-state index contributed by atoms with van der Waals surface area (Å²) in [6, 6.07) is 28.4. The second-order valence-electron chi connectivity index (χ2n) is 11.1. The summed E-state index contributed by atoms with van der Waals surface area (Å²) < 4.78 is 0. The largest absolute Gasteiger partial charge is 0.214 e. The molecule has 2 heteroatoms. The zero-order chi connectivity index (χ0) is 23.4. The molecule has 1 aliphatic carbocycles. The van der Waals surface area contributed by atoms with Gasteiger partial charge < -0.3 is 0 Å². The summed E-state index contributed by atoms with van der Waals surface area (Å²) in [5.74, 6) is 0. The van der Waals surface area contributed by atoms with Crippen molar-refractivity contribution in [3.8, 4) is 11.1 Å². The second kappa shape index (κ2) is 10.9. The van der Waals surface area contributed by atoms with E-state index < -0.39 is 0 Å². The minimum atomic E-state index is 0.167. The van der Waals surface area contributed by atoms with Crippen LogP contribution in [-0.2, 0) is 40.6 Å². The van der Waals surface area contributed by atoms with Crippen LogP contribution in [0.3, 0.4) is 0 Å². The Morgan fingerprint density at radius 2 is 1.47 bits per heavy atom. The fourth-order valence-corrected chi connectivity index (χ4v) is 8.36. The van der Waals surface area contributed by atoms with E-state index >= 15 is 0 Å². The van der Waals surface area contributed by atoms with Gasteiger partial charge in [0.05, 0.1) is 0 Å². The SMILES string of the molecule is CC(C)(C)c1[c-]c2c(cc1)-c1ccc(C(C)(C)C)cc1C2.[Zr+2]=[Si]1CCCC1.c1cc[cH-]c1. The molecule has 0 saturated carbocycles. The van der Waals surface area contributed by atoms with E-state index in [0.717, 1.165) is 6.42 Å². The molecule has 0 amide bonds. The molecular weight excluding hydrogens is 480 g/mol. The average Bonchev–Trinajstić information content (AvgIpc) is 3.48. The van der Waals surface area contributed by atoms with Crippen molar-refractivity contribution in [3.63, 3.8) is 0 Å². The molecule has 3 aromatic rings. The maximum Gasteiger partial charge on any atom is -0.172 e. The molecule has 0 aromatic heterocycles. The average molecular weight is 518 g/mol. The summed E-state index contributed by atoms with van der Waals surface area (Å²) in [6.45, 7) is 13.6. The van der Waals surface area contributed by atoms with Gasteiger partial charge in [-0.1, -0.05) is 65.3 Å². The van der Waals surface area contributed by atoms with E-state index in [9.17, 15) is 0 Å². The molecule has 2 aliphatic rings. The zero-order valence-corrected chi connectivity index (χ0v) is 24.3. The third-order valence-electron chi connectivity index (χ3n) is 6.23. The van der Waals surface area contributed by atoms with Gasteiger partial charge in [0.25, 0.3) is 0 Å². The number of hydrogen-bond donors (Lipinski definition) is 0. The van der Waals surface area contributed by atoms with E-state index in [1.165, 1.54) is 33.4 Å². The van der Waals surface area contributed by atoms with Crippen molar-refractivity contribution in [2.24, 2.45) is 0 Å². The molecule has 166 valence electrons. The van der Waals surface area contributed by atoms with Gasteiger partial charge in [-0.05, 0) is 28.4 Å². The van der Waals surface area contributed by atoms with Crippen LogP contribution < -0.4 is 0 Å². The van der Waals surface area contributed by atoms with Crippen LogP contribution in [0.4, 0.5) is 0 Å². The molecule has 1 aliphatic heterocycles. The Labute approximate surface area is 211 Å². The van der Waals surface area contributed by atoms with Crippen molar-refractivity contribution in [3.05, 3.63) is 89.0 Å². The van der Waals surface area contributed by atoms with Gasteiger partial charge in [0.1, 0.15) is 0 Å². The van der Waals surface area contributed by atoms with E-state index in [-0.39, 0.29) is 10.8 Å². The summed E-state index contributed by atoms with van der Waals surface area (Å²) in [5.41, 5.74) is 9.04. The Hall–Kier alpha value is -1.11. The number of fused-ring (bicyclic) bond motifs is 3. The van der Waals surface area contributed by atoms with Crippen LogP contribution in [0.5, 0.6) is 0 Å². The standard InChI is InChI=1S/C21H25.C5H5.C4H8Si.Zr/c1-20(2,3)16-7-9-18-14(12-16)11-15-13-17(21(4,5)6)8-10-19(15)18;2*1-2-4-5-3-1;/h7-10,12H,11H2,1-6H3;1-5H;1-4H2;/q2*-1;;+2. The summed E-state index contributed by atoms with van der Waals surface area (Å²) in [4.78, 5) is 0. The first-order valence-electron chi connectivity index (χ1n) is 12.0. The van der Waals surface area contributed by atoms with E-state index in [4.69, 9.17) is 0 Å². The third-order valence-corrected chi connectivity index (χ3v) is 11.8. The minimum absolute atomic E-state index is 0.167. The van der Waals surface area contributed by atoms with Gasteiger partial charge in [-0.15, -0.1) is 11.1 Å². The number of benzene rings is 2. The van der Waals surface area contributed by atoms with E-state index in [1.807, 2.05) is 53.7 Å². The third kappa shape index (κ3) is 6.94. The van der Waals surface area contributed by atoms with Gasteiger partial charge in [-0.3, -0.25) is 0 Å². The predicted octanol–water partition coefficient (Wildman–Crippen LogP) is 8.38. The van der Waals surface area contributed by atoms with Crippen LogP contribution in [0.25, 0.3) is 11.1 Å². The normalized spacial score (nSPS) is 14.7. The monoisotopic (exact) mass is 516 g/mol. The van der Waals surface area contributed by atoms with Crippen LogP contribution >= 0.6 is 0 Å². The summed E-state index contributed by atoms with van der Waals surface area (Å²) in [7, 11) is 0. The summed E-state index contributed by atoms with van der Waals surface area (Å²) in [6.07, 6.45) is 4.14. The molecule has 0 nitrogen and oxygen atoms in total. The molecule has 0 atom stereocenters. The Balaban J connectivity index is 0.000000213.